The third-order valence-electron chi connectivity index (χ3n) is 2.46. The Morgan fingerprint density at radius 3 is 2.68 bits per heavy atom. The number of aliphatic hydroxyl groups excluding tert-OH is 1. The van der Waals surface area contributed by atoms with Crippen LogP contribution in [0.4, 0.5) is 4.39 Å². The van der Waals surface area contributed by atoms with Crippen molar-refractivity contribution in [2.24, 2.45) is 0 Å². The highest BCUT2D eigenvalue weighted by molar-refractivity contribution is 5.76. The Balaban J connectivity index is 2.57. The molecule has 0 unspecified atom stereocenters. The number of nitrogens with one attached hydrogen (secondary N) is 1. The van der Waals surface area contributed by atoms with Crippen LogP contribution in [0, 0.1) is 5.82 Å². The lowest BCUT2D eigenvalue weighted by molar-refractivity contribution is -0.122. The topological polar surface area (TPSA) is 58.6 Å². The molecular formula is C14H20FNO3. The van der Waals surface area contributed by atoms with E-state index in [0.717, 1.165) is 0 Å². The van der Waals surface area contributed by atoms with Crippen LogP contribution < -0.4 is 10.1 Å². The quantitative estimate of drug-likeness (QED) is 0.832. The van der Waals surface area contributed by atoms with Crippen molar-refractivity contribution in [2.45, 2.75) is 39.3 Å². The highest BCUT2D eigenvalue weighted by Crippen LogP contribution is 2.26. The predicted molar refractivity (Wildman–Crippen MR) is 70.4 cm³/mol. The molecule has 1 atom stereocenters. The minimum atomic E-state index is -0.750. The monoisotopic (exact) mass is 269 g/mol. The molecule has 0 fully saturated rings. The normalized spacial score (nSPS) is 12.3. The lowest BCUT2D eigenvalue weighted by Crippen LogP contribution is -2.31. The summed E-state index contributed by atoms with van der Waals surface area (Å²) >= 11 is 0. The fourth-order valence-corrected chi connectivity index (χ4v) is 1.63. The Bertz CT molecular complexity index is 433. The van der Waals surface area contributed by atoms with E-state index in [2.05, 4.69) is 5.32 Å². The number of amides is 1. The first-order chi connectivity index (χ1) is 8.90. The van der Waals surface area contributed by atoms with Crippen LogP contribution in [0.2, 0.25) is 0 Å². The van der Waals surface area contributed by atoms with Crippen molar-refractivity contribution in [3.63, 3.8) is 0 Å². The molecule has 5 heteroatoms. The molecule has 0 aliphatic rings. The summed E-state index contributed by atoms with van der Waals surface area (Å²) in [5.74, 6) is -0.289. The summed E-state index contributed by atoms with van der Waals surface area (Å²) in [6.45, 7) is 5.46. The van der Waals surface area contributed by atoms with Crippen LogP contribution in [0.1, 0.15) is 38.9 Å². The van der Waals surface area contributed by atoms with Crippen LogP contribution in [0.25, 0.3) is 0 Å². The summed E-state index contributed by atoms with van der Waals surface area (Å²) in [6, 6.07) is 4.03. The van der Waals surface area contributed by atoms with Gasteiger partial charge in [-0.15, -0.1) is 0 Å². The summed E-state index contributed by atoms with van der Waals surface area (Å²) < 4.78 is 18.5. The second-order valence-corrected chi connectivity index (χ2v) is 4.68. The third-order valence-corrected chi connectivity index (χ3v) is 2.46. The number of halogens is 1. The van der Waals surface area contributed by atoms with Crippen molar-refractivity contribution in [1.29, 1.82) is 0 Å². The van der Waals surface area contributed by atoms with Crippen molar-refractivity contribution >= 4 is 5.91 Å². The second-order valence-electron chi connectivity index (χ2n) is 4.68. The van der Waals surface area contributed by atoms with E-state index in [1.807, 2.05) is 13.8 Å². The van der Waals surface area contributed by atoms with Gasteiger partial charge in [0.05, 0.1) is 19.1 Å². The number of benzene rings is 1. The maximum absolute atomic E-state index is 13.1. The molecule has 0 spiro atoms. The Morgan fingerprint density at radius 1 is 1.42 bits per heavy atom. The van der Waals surface area contributed by atoms with E-state index in [9.17, 15) is 14.3 Å². The number of carbonyl (C=O) groups excluding carboxylic acids is 1. The Labute approximate surface area is 112 Å². The number of hydrogen-bond acceptors (Lipinski definition) is 3. The summed E-state index contributed by atoms with van der Waals surface area (Å²) in [7, 11) is 0. The zero-order chi connectivity index (χ0) is 14.4. The van der Waals surface area contributed by atoms with Gasteiger partial charge in [-0.1, -0.05) is 0 Å². The van der Waals surface area contributed by atoms with Crippen LogP contribution >= 0.6 is 0 Å². The zero-order valence-electron chi connectivity index (χ0n) is 11.4. The number of rotatable bonds is 6. The van der Waals surface area contributed by atoms with E-state index in [-0.39, 0.29) is 30.7 Å². The van der Waals surface area contributed by atoms with E-state index in [4.69, 9.17) is 4.74 Å². The first kappa shape index (κ1) is 15.4. The summed E-state index contributed by atoms with van der Waals surface area (Å²) in [4.78, 5) is 11.4. The van der Waals surface area contributed by atoms with Gasteiger partial charge in [-0.05, 0) is 32.9 Å². The van der Waals surface area contributed by atoms with Crippen LogP contribution in [-0.4, -0.2) is 23.7 Å². The van der Waals surface area contributed by atoms with Crippen molar-refractivity contribution in [3.8, 4) is 5.75 Å². The largest absolute Gasteiger partial charge is 0.493 e. The van der Waals surface area contributed by atoms with Gasteiger partial charge in [-0.25, -0.2) is 4.39 Å². The maximum Gasteiger partial charge on any atom is 0.223 e. The number of ether oxygens (including phenoxy) is 1. The number of hydrogen-bond donors (Lipinski definition) is 2. The zero-order valence-corrected chi connectivity index (χ0v) is 11.4. The molecule has 2 N–H and O–H groups in total. The third kappa shape index (κ3) is 5.26. The summed E-state index contributed by atoms with van der Waals surface area (Å²) in [5.41, 5.74) is 0.505. The minimum Gasteiger partial charge on any atom is -0.493 e. The standard InChI is InChI=1S/C14H20FNO3/c1-9(2)16-14(18)6-7-19-13-8-11(15)4-5-12(13)10(3)17/h4-5,8-10,17H,6-7H2,1-3H3,(H,16,18)/t10-/m0/s1. The molecule has 0 bridgehead atoms. The van der Waals surface area contributed by atoms with Crippen molar-refractivity contribution in [1.82, 2.24) is 5.32 Å². The summed E-state index contributed by atoms with van der Waals surface area (Å²) in [6.07, 6.45) is -0.561. The average molecular weight is 269 g/mol. The minimum absolute atomic E-state index is 0.0784. The van der Waals surface area contributed by atoms with Crippen molar-refractivity contribution < 1.29 is 19.0 Å². The maximum atomic E-state index is 13.1. The molecule has 0 aliphatic carbocycles. The van der Waals surface area contributed by atoms with E-state index in [1.54, 1.807) is 6.92 Å². The van der Waals surface area contributed by atoms with Gasteiger partial charge in [0.1, 0.15) is 11.6 Å². The second kappa shape index (κ2) is 7.09. The molecule has 19 heavy (non-hydrogen) atoms. The molecule has 1 rings (SSSR count). The Kier molecular flexibility index (Phi) is 5.76. The molecule has 0 saturated heterocycles. The first-order valence-electron chi connectivity index (χ1n) is 6.30. The molecule has 1 aromatic rings. The molecule has 0 radical (unpaired) electrons. The highest BCUT2D eigenvalue weighted by atomic mass is 19.1. The molecule has 0 heterocycles. The number of aliphatic hydroxyl groups is 1. The lowest BCUT2D eigenvalue weighted by Gasteiger charge is -2.14. The van der Waals surface area contributed by atoms with E-state index in [1.165, 1.54) is 18.2 Å². The Morgan fingerprint density at radius 2 is 2.11 bits per heavy atom. The van der Waals surface area contributed by atoms with Gasteiger partial charge in [-0.3, -0.25) is 4.79 Å². The van der Waals surface area contributed by atoms with Crippen LogP contribution in [0.15, 0.2) is 18.2 Å². The van der Waals surface area contributed by atoms with Crippen molar-refractivity contribution in [2.75, 3.05) is 6.61 Å². The fraction of sp³-hybridized carbons (Fsp3) is 0.500. The Hall–Kier alpha value is -1.62. The lowest BCUT2D eigenvalue weighted by atomic mass is 10.1. The van der Waals surface area contributed by atoms with E-state index < -0.39 is 11.9 Å². The number of carbonyl (C=O) groups is 1. The summed E-state index contributed by atoms with van der Waals surface area (Å²) in [5, 5.41) is 12.3. The van der Waals surface area contributed by atoms with Crippen molar-refractivity contribution in [3.05, 3.63) is 29.6 Å². The van der Waals surface area contributed by atoms with Crippen LogP contribution in [0.5, 0.6) is 5.75 Å². The predicted octanol–water partition coefficient (Wildman–Crippen LogP) is 2.17. The van der Waals surface area contributed by atoms with Crippen LogP contribution in [0.3, 0.4) is 0 Å². The van der Waals surface area contributed by atoms with Crippen LogP contribution in [-0.2, 0) is 4.79 Å². The van der Waals surface area contributed by atoms with Gasteiger partial charge in [0.15, 0.2) is 0 Å². The van der Waals surface area contributed by atoms with Gasteiger partial charge < -0.3 is 15.2 Å². The highest BCUT2D eigenvalue weighted by Gasteiger charge is 2.11. The van der Waals surface area contributed by atoms with Gasteiger partial charge in [0, 0.05) is 17.7 Å². The average Bonchev–Trinajstić information content (AvgIpc) is 2.27. The van der Waals surface area contributed by atoms with E-state index >= 15 is 0 Å². The van der Waals surface area contributed by atoms with Gasteiger partial charge in [0.2, 0.25) is 5.91 Å². The molecular weight excluding hydrogens is 249 g/mol. The smallest absolute Gasteiger partial charge is 0.223 e. The molecule has 1 amide bonds. The molecule has 1 aromatic carbocycles. The van der Waals surface area contributed by atoms with Gasteiger partial charge >= 0.3 is 0 Å². The SMILES string of the molecule is CC(C)NC(=O)CCOc1cc(F)ccc1[C@H](C)O. The molecule has 0 aliphatic heterocycles. The molecule has 4 nitrogen and oxygen atoms in total. The molecule has 0 aromatic heterocycles. The van der Waals surface area contributed by atoms with Gasteiger partial charge in [0.25, 0.3) is 0 Å². The van der Waals surface area contributed by atoms with E-state index in [0.29, 0.717) is 5.56 Å². The molecule has 0 saturated carbocycles. The first-order valence-corrected chi connectivity index (χ1v) is 6.30. The molecule has 106 valence electrons. The van der Waals surface area contributed by atoms with Gasteiger partial charge in [-0.2, -0.15) is 0 Å². The fourth-order valence-electron chi connectivity index (χ4n) is 1.63.